The van der Waals surface area contributed by atoms with Crippen LogP contribution in [0.25, 0.3) is 0 Å². The van der Waals surface area contributed by atoms with Gasteiger partial charge in [-0.2, -0.15) is 13.2 Å². The molecule has 0 aliphatic rings. The van der Waals surface area contributed by atoms with Crippen molar-refractivity contribution in [3.05, 3.63) is 0 Å². The third-order valence-electron chi connectivity index (χ3n) is 1.63. The summed E-state index contributed by atoms with van der Waals surface area (Å²) in [6.07, 6.45) is 0. The highest BCUT2D eigenvalue weighted by molar-refractivity contribution is 9.26. The highest BCUT2D eigenvalue weighted by Gasteiger charge is 2.52. The smallest absolute Gasteiger partial charge is 0.176 e. The molecule has 0 aromatic carbocycles. The van der Waals surface area contributed by atoms with Crippen LogP contribution in [0.5, 0.6) is 0 Å². The fraction of sp³-hybridized carbons (Fsp3) is 1.00. The average molecular weight is 235 g/mol. The van der Waals surface area contributed by atoms with E-state index in [9.17, 15) is 13.2 Å². The lowest BCUT2D eigenvalue weighted by Crippen LogP contribution is -2.43. The summed E-state index contributed by atoms with van der Waals surface area (Å²) in [5.41, 5.74) is 0. The summed E-state index contributed by atoms with van der Waals surface area (Å²) in [6, 6.07) is 0.431. The third-order valence-corrected chi connectivity index (χ3v) is 9.60. The second kappa shape index (κ2) is 3.26. The van der Waals surface area contributed by atoms with Crippen LogP contribution in [-0.2, 0) is 0 Å². The molecule has 0 amide bonds. The van der Waals surface area contributed by atoms with E-state index < -0.39 is 12.5 Å². The van der Waals surface area contributed by atoms with E-state index in [1.807, 2.05) is 0 Å². The molecule has 0 saturated heterocycles. The van der Waals surface area contributed by atoms with Gasteiger partial charge in [0.2, 0.25) is 0 Å². The lowest BCUT2D eigenvalue weighted by Gasteiger charge is -2.24. The first-order chi connectivity index (χ1) is 4.37. The molecule has 0 aliphatic heterocycles. The summed E-state index contributed by atoms with van der Waals surface area (Å²) in [7, 11) is 0. The predicted molar refractivity (Wildman–Crippen MR) is 41.7 cm³/mol. The summed E-state index contributed by atoms with van der Waals surface area (Å²) in [5.74, 6) is -3.99. The van der Waals surface area contributed by atoms with Crippen molar-refractivity contribution in [2.45, 2.75) is 31.7 Å². The van der Waals surface area contributed by atoms with Gasteiger partial charge in [0, 0.05) is 0 Å². The molecule has 0 aromatic rings. The molecule has 0 N–H and O–H groups in total. The van der Waals surface area contributed by atoms with Crippen molar-refractivity contribution in [2.24, 2.45) is 0 Å². The largest absolute Gasteiger partial charge is 0.372 e. The minimum absolute atomic E-state index is 0.215. The number of rotatable bonds is 2. The Morgan fingerprint density at radius 1 is 1.20 bits per heavy atom. The maximum absolute atomic E-state index is 12.1. The molecule has 0 aromatic heterocycles. The molecule has 0 unspecified atom stereocenters. The predicted octanol–water partition coefficient (Wildman–Crippen LogP) is 3.47. The number of hydrogen-bond acceptors (Lipinski definition) is 0. The zero-order chi connectivity index (χ0) is 8.41. The molecule has 0 spiro atoms. The molecule has 0 fully saturated rings. The summed E-state index contributed by atoms with van der Waals surface area (Å²) >= 11 is 2.82. The van der Waals surface area contributed by atoms with Crippen LogP contribution in [0.2, 0.25) is 12.1 Å². The minimum atomic E-state index is -3.99. The fourth-order valence-electron chi connectivity index (χ4n) is 0.651. The third kappa shape index (κ3) is 1.98. The van der Waals surface area contributed by atoms with Gasteiger partial charge in [-0.1, -0.05) is 13.8 Å². The van der Waals surface area contributed by atoms with Crippen molar-refractivity contribution in [3.8, 4) is 0 Å². The molecule has 0 atom stereocenters. The second-order valence-corrected chi connectivity index (χ2v) is 10.6. The summed E-state index contributed by atoms with van der Waals surface area (Å²) in [6.45, 7) is 0.0762. The van der Waals surface area contributed by atoms with Crippen molar-refractivity contribution in [1.29, 1.82) is 0 Å². The molecular formula is C5H10BrF3Si. The van der Waals surface area contributed by atoms with E-state index in [1.54, 1.807) is 13.8 Å². The first-order valence-corrected chi connectivity index (χ1v) is 7.80. The van der Waals surface area contributed by atoms with Crippen LogP contribution >= 0.6 is 15.3 Å². The SMILES string of the molecule is CC[Si](Br)(CC)C(F)(F)F. The Morgan fingerprint density at radius 3 is 1.50 bits per heavy atom. The first kappa shape index (κ1) is 10.5. The molecule has 0 saturated carbocycles. The Bertz CT molecular complexity index is 108. The van der Waals surface area contributed by atoms with E-state index in [-0.39, 0.29) is 12.1 Å². The molecule has 5 heteroatoms. The number of halogens is 4. The monoisotopic (exact) mass is 234 g/mol. The van der Waals surface area contributed by atoms with Gasteiger partial charge in [-0.3, -0.25) is 0 Å². The van der Waals surface area contributed by atoms with Crippen LogP contribution in [0.1, 0.15) is 13.8 Å². The van der Waals surface area contributed by atoms with Gasteiger partial charge >= 0.3 is 5.80 Å². The maximum Gasteiger partial charge on any atom is 0.372 e. The van der Waals surface area contributed by atoms with Crippen molar-refractivity contribution in [1.82, 2.24) is 0 Å². The van der Waals surface area contributed by atoms with Crippen LogP contribution < -0.4 is 0 Å². The summed E-state index contributed by atoms with van der Waals surface area (Å²) in [5, 5.41) is 0. The lowest BCUT2D eigenvalue weighted by atomic mass is 10.9. The highest BCUT2D eigenvalue weighted by atomic mass is 79.9. The quantitative estimate of drug-likeness (QED) is 0.507. The molecule has 10 heavy (non-hydrogen) atoms. The molecular weight excluding hydrogens is 225 g/mol. The van der Waals surface area contributed by atoms with Gasteiger partial charge in [0.05, 0.1) is 0 Å². The molecule has 0 aliphatic carbocycles. The second-order valence-electron chi connectivity index (χ2n) is 2.17. The summed E-state index contributed by atoms with van der Waals surface area (Å²) in [4.78, 5) is 0. The normalized spacial score (nSPS) is 13.8. The van der Waals surface area contributed by atoms with Gasteiger partial charge in [0.1, 0.15) is 0 Å². The molecule has 62 valence electrons. The molecule has 0 nitrogen and oxygen atoms in total. The van der Waals surface area contributed by atoms with Gasteiger partial charge in [-0.15, -0.1) is 15.3 Å². The highest BCUT2D eigenvalue weighted by Crippen LogP contribution is 2.39. The van der Waals surface area contributed by atoms with Crippen LogP contribution in [-0.4, -0.2) is 12.5 Å². The van der Waals surface area contributed by atoms with E-state index >= 15 is 0 Å². The molecule has 0 bridgehead atoms. The van der Waals surface area contributed by atoms with Gasteiger partial charge in [0.25, 0.3) is 6.69 Å². The van der Waals surface area contributed by atoms with E-state index in [0.717, 1.165) is 0 Å². The average Bonchev–Trinajstić information content (AvgIpc) is 1.84. The van der Waals surface area contributed by atoms with Crippen molar-refractivity contribution in [3.63, 3.8) is 0 Å². The van der Waals surface area contributed by atoms with Crippen LogP contribution in [0.3, 0.4) is 0 Å². The Hall–Kier alpha value is 0.487. The van der Waals surface area contributed by atoms with Crippen molar-refractivity contribution in [2.75, 3.05) is 0 Å². The zero-order valence-corrected chi connectivity index (χ0v) is 8.51. The van der Waals surface area contributed by atoms with Crippen LogP contribution in [0.15, 0.2) is 0 Å². The molecule has 0 heterocycles. The molecule has 0 radical (unpaired) electrons. The van der Waals surface area contributed by atoms with Gasteiger partial charge in [-0.05, 0) is 12.1 Å². The Morgan fingerprint density at radius 2 is 1.50 bits per heavy atom. The maximum atomic E-state index is 12.1. The standard InChI is InChI=1S/C5H10BrF3Si/c1-3-10(6,4-2)5(7,8)9/h3-4H2,1-2H3. The number of alkyl halides is 3. The number of hydrogen-bond donors (Lipinski definition) is 0. The summed E-state index contributed by atoms with van der Waals surface area (Å²) < 4.78 is 36.4. The van der Waals surface area contributed by atoms with Crippen molar-refractivity contribution < 1.29 is 13.2 Å². The molecule has 0 rings (SSSR count). The van der Waals surface area contributed by atoms with Crippen LogP contribution in [0.4, 0.5) is 13.2 Å². The van der Waals surface area contributed by atoms with E-state index in [4.69, 9.17) is 0 Å². The lowest BCUT2D eigenvalue weighted by molar-refractivity contribution is -0.0534. The zero-order valence-electron chi connectivity index (χ0n) is 5.93. The van der Waals surface area contributed by atoms with Gasteiger partial charge in [-0.25, -0.2) is 0 Å². The van der Waals surface area contributed by atoms with Gasteiger partial charge in [0.15, 0.2) is 0 Å². The first-order valence-electron chi connectivity index (χ1n) is 3.13. The van der Waals surface area contributed by atoms with Crippen molar-refractivity contribution >= 4 is 22.0 Å². The Kier molecular flexibility index (Phi) is 3.41. The fourth-order valence-corrected chi connectivity index (χ4v) is 1.95. The minimum Gasteiger partial charge on any atom is -0.176 e. The van der Waals surface area contributed by atoms with Gasteiger partial charge < -0.3 is 0 Å². The van der Waals surface area contributed by atoms with E-state index in [0.29, 0.717) is 0 Å². The topological polar surface area (TPSA) is 0 Å². The Balaban J connectivity index is 4.33. The van der Waals surface area contributed by atoms with Crippen LogP contribution in [0, 0.1) is 0 Å². The van der Waals surface area contributed by atoms with E-state index in [2.05, 4.69) is 15.3 Å². The Labute approximate surface area is 67.4 Å². The van der Waals surface area contributed by atoms with E-state index in [1.165, 1.54) is 0 Å².